The molecule has 4 heteroatoms. The van der Waals surface area contributed by atoms with Crippen LogP contribution >= 0.6 is 15.9 Å². The predicted molar refractivity (Wildman–Crippen MR) is 76.5 cm³/mol. The van der Waals surface area contributed by atoms with Gasteiger partial charge in [0.15, 0.2) is 0 Å². The Morgan fingerprint density at radius 1 is 1.26 bits per heavy atom. The molecule has 92 valence electrons. The molecule has 0 N–H and O–H groups in total. The fourth-order valence-corrected chi connectivity index (χ4v) is 1.73. The minimum atomic E-state index is -0.222. The molecule has 19 heavy (non-hydrogen) atoms. The summed E-state index contributed by atoms with van der Waals surface area (Å²) in [6.07, 6.45) is 4.63. The second kappa shape index (κ2) is 6.07. The van der Waals surface area contributed by atoms with Gasteiger partial charge in [-0.05, 0) is 35.9 Å². The smallest absolute Gasteiger partial charge is 0.204 e. The summed E-state index contributed by atoms with van der Waals surface area (Å²) in [6, 6.07) is 12.6. The summed E-state index contributed by atoms with van der Waals surface area (Å²) >= 11 is 3.35. The van der Waals surface area contributed by atoms with E-state index in [1.54, 1.807) is 12.1 Å². The highest BCUT2D eigenvalue weighted by Crippen LogP contribution is 2.12. The lowest BCUT2D eigenvalue weighted by atomic mass is 10.1. The van der Waals surface area contributed by atoms with Crippen LogP contribution in [0.2, 0.25) is 0 Å². The van der Waals surface area contributed by atoms with Crippen molar-refractivity contribution in [3.63, 3.8) is 0 Å². The highest BCUT2D eigenvalue weighted by Gasteiger charge is 2.04. The summed E-state index contributed by atoms with van der Waals surface area (Å²) < 4.78 is 0.986. The van der Waals surface area contributed by atoms with Crippen molar-refractivity contribution in [3.05, 3.63) is 70.0 Å². The van der Waals surface area contributed by atoms with Crippen molar-refractivity contribution in [3.8, 4) is 6.07 Å². The number of pyridine rings is 1. The summed E-state index contributed by atoms with van der Waals surface area (Å²) in [5.41, 5.74) is 1.62. The summed E-state index contributed by atoms with van der Waals surface area (Å²) in [5, 5.41) is 8.77. The number of carbonyl (C=O) groups is 1. The van der Waals surface area contributed by atoms with E-state index in [0.29, 0.717) is 5.56 Å². The maximum absolute atomic E-state index is 11.9. The van der Waals surface area contributed by atoms with Gasteiger partial charge in [0.2, 0.25) is 5.78 Å². The van der Waals surface area contributed by atoms with Gasteiger partial charge in [-0.2, -0.15) is 5.26 Å². The van der Waals surface area contributed by atoms with E-state index in [1.807, 2.05) is 30.3 Å². The zero-order chi connectivity index (χ0) is 13.7. The maximum atomic E-state index is 11.9. The van der Waals surface area contributed by atoms with Crippen molar-refractivity contribution in [2.75, 3.05) is 0 Å². The first-order chi connectivity index (χ1) is 9.19. The highest BCUT2D eigenvalue weighted by atomic mass is 79.9. The molecule has 0 fully saturated rings. The van der Waals surface area contributed by atoms with Gasteiger partial charge in [0.1, 0.15) is 5.69 Å². The first-order valence-electron chi connectivity index (χ1n) is 5.53. The lowest BCUT2D eigenvalue weighted by Gasteiger charge is -1.96. The SMILES string of the molecule is N#Cc1ccnc(C(=O)/C=C/c2ccc(Br)cc2)c1. The van der Waals surface area contributed by atoms with Crippen molar-refractivity contribution in [2.24, 2.45) is 0 Å². The van der Waals surface area contributed by atoms with E-state index in [2.05, 4.69) is 20.9 Å². The lowest BCUT2D eigenvalue weighted by Crippen LogP contribution is -1.98. The van der Waals surface area contributed by atoms with Crippen molar-refractivity contribution in [1.29, 1.82) is 5.26 Å². The Hall–Kier alpha value is -2.25. The molecule has 2 aromatic rings. The lowest BCUT2D eigenvalue weighted by molar-refractivity contribution is 0.104. The third-order valence-corrected chi connectivity index (χ3v) is 2.97. The summed E-state index contributed by atoms with van der Waals surface area (Å²) in [5.74, 6) is -0.222. The second-order valence-corrected chi connectivity index (χ2v) is 4.71. The van der Waals surface area contributed by atoms with Crippen molar-refractivity contribution >= 4 is 27.8 Å². The van der Waals surface area contributed by atoms with Crippen LogP contribution in [0.5, 0.6) is 0 Å². The van der Waals surface area contributed by atoms with Gasteiger partial charge < -0.3 is 0 Å². The Morgan fingerprint density at radius 3 is 2.68 bits per heavy atom. The van der Waals surface area contributed by atoms with Crippen LogP contribution < -0.4 is 0 Å². The Bertz CT molecular complexity index is 669. The Morgan fingerprint density at radius 2 is 2.00 bits per heavy atom. The predicted octanol–water partition coefficient (Wildman–Crippen LogP) is 3.61. The molecule has 2 rings (SSSR count). The summed E-state index contributed by atoms with van der Waals surface area (Å²) in [6.45, 7) is 0. The van der Waals surface area contributed by atoms with Crippen LogP contribution in [0.3, 0.4) is 0 Å². The van der Waals surface area contributed by atoms with E-state index in [4.69, 9.17) is 5.26 Å². The summed E-state index contributed by atoms with van der Waals surface area (Å²) in [4.78, 5) is 15.8. The fraction of sp³-hybridized carbons (Fsp3) is 0. The standard InChI is InChI=1S/C15H9BrN2O/c16-13-4-1-11(2-5-13)3-6-15(19)14-9-12(10-17)7-8-18-14/h1-9H/b6-3+. The molecule has 1 heterocycles. The Balaban J connectivity index is 2.16. The van der Waals surface area contributed by atoms with Crippen LogP contribution in [0.15, 0.2) is 53.1 Å². The van der Waals surface area contributed by atoms with Crippen LogP contribution in [0, 0.1) is 11.3 Å². The molecular weight excluding hydrogens is 304 g/mol. The molecule has 0 aliphatic rings. The number of hydrogen-bond donors (Lipinski definition) is 0. The largest absolute Gasteiger partial charge is 0.288 e. The highest BCUT2D eigenvalue weighted by molar-refractivity contribution is 9.10. The van der Waals surface area contributed by atoms with Gasteiger partial charge in [-0.15, -0.1) is 0 Å². The molecule has 3 nitrogen and oxygen atoms in total. The maximum Gasteiger partial charge on any atom is 0.204 e. The molecule has 0 spiro atoms. The quantitative estimate of drug-likeness (QED) is 0.642. The van der Waals surface area contributed by atoms with Gasteiger partial charge in [0.25, 0.3) is 0 Å². The van der Waals surface area contributed by atoms with Crippen LogP contribution in [0.25, 0.3) is 6.08 Å². The minimum Gasteiger partial charge on any atom is -0.288 e. The van der Waals surface area contributed by atoms with Crippen LogP contribution in [0.4, 0.5) is 0 Å². The number of ketones is 1. The molecule has 0 aliphatic heterocycles. The average Bonchev–Trinajstić information content (AvgIpc) is 2.46. The first-order valence-corrected chi connectivity index (χ1v) is 6.32. The van der Waals surface area contributed by atoms with E-state index in [1.165, 1.54) is 18.3 Å². The van der Waals surface area contributed by atoms with Crippen molar-refractivity contribution in [1.82, 2.24) is 4.98 Å². The molecule has 0 amide bonds. The van der Waals surface area contributed by atoms with E-state index < -0.39 is 0 Å². The van der Waals surface area contributed by atoms with Crippen LogP contribution in [-0.2, 0) is 0 Å². The molecule has 0 saturated heterocycles. The zero-order valence-corrected chi connectivity index (χ0v) is 11.5. The van der Waals surface area contributed by atoms with E-state index in [9.17, 15) is 4.79 Å². The molecule has 0 bridgehead atoms. The normalized spacial score (nSPS) is 10.3. The third-order valence-electron chi connectivity index (χ3n) is 2.44. The monoisotopic (exact) mass is 312 g/mol. The molecule has 0 radical (unpaired) electrons. The molecule has 0 atom stereocenters. The number of carbonyl (C=O) groups excluding carboxylic acids is 1. The third kappa shape index (κ3) is 3.60. The molecule has 1 aromatic carbocycles. The molecule has 0 saturated carbocycles. The first kappa shape index (κ1) is 13.2. The summed E-state index contributed by atoms with van der Waals surface area (Å²) in [7, 11) is 0. The van der Waals surface area contributed by atoms with Gasteiger partial charge in [0, 0.05) is 10.7 Å². The second-order valence-electron chi connectivity index (χ2n) is 3.79. The fourth-order valence-electron chi connectivity index (χ4n) is 1.47. The van der Waals surface area contributed by atoms with Crippen molar-refractivity contribution < 1.29 is 4.79 Å². The van der Waals surface area contributed by atoms with Crippen LogP contribution in [0.1, 0.15) is 21.6 Å². The number of allylic oxidation sites excluding steroid dienone is 1. The number of halogens is 1. The minimum absolute atomic E-state index is 0.222. The molecule has 0 unspecified atom stereocenters. The van der Waals surface area contributed by atoms with Crippen molar-refractivity contribution in [2.45, 2.75) is 0 Å². The number of nitriles is 1. The number of hydrogen-bond acceptors (Lipinski definition) is 3. The zero-order valence-electron chi connectivity index (χ0n) is 9.88. The van der Waals surface area contributed by atoms with Gasteiger partial charge in [-0.1, -0.05) is 34.1 Å². The number of rotatable bonds is 3. The van der Waals surface area contributed by atoms with E-state index in [-0.39, 0.29) is 11.5 Å². The van der Waals surface area contributed by atoms with Gasteiger partial charge in [0.05, 0.1) is 11.6 Å². The van der Waals surface area contributed by atoms with Gasteiger partial charge >= 0.3 is 0 Å². The van der Waals surface area contributed by atoms with E-state index >= 15 is 0 Å². The van der Waals surface area contributed by atoms with Crippen LogP contribution in [-0.4, -0.2) is 10.8 Å². The van der Waals surface area contributed by atoms with Gasteiger partial charge in [-0.3, -0.25) is 9.78 Å². The number of aromatic nitrogens is 1. The number of nitrogens with zero attached hydrogens (tertiary/aromatic N) is 2. The molecular formula is C15H9BrN2O. The van der Waals surface area contributed by atoms with E-state index in [0.717, 1.165) is 10.0 Å². The topological polar surface area (TPSA) is 53.8 Å². The Kier molecular flexibility index (Phi) is 4.22. The Labute approximate surface area is 119 Å². The molecule has 1 aromatic heterocycles. The number of benzene rings is 1. The van der Waals surface area contributed by atoms with Gasteiger partial charge in [-0.25, -0.2) is 0 Å². The average molecular weight is 313 g/mol. The molecule has 0 aliphatic carbocycles.